The fraction of sp³-hybridized carbons (Fsp3) is 0.167. The Morgan fingerprint density at radius 2 is 1.92 bits per heavy atom. The lowest BCUT2D eigenvalue weighted by molar-refractivity contribution is 0.0950. The van der Waals surface area contributed by atoms with E-state index in [-0.39, 0.29) is 5.91 Å². The summed E-state index contributed by atoms with van der Waals surface area (Å²) in [4.78, 5) is 20.6. The number of nitrogens with zero attached hydrogens (tertiary/aromatic N) is 3. The van der Waals surface area contributed by atoms with Crippen LogP contribution in [0.1, 0.15) is 21.7 Å². The number of carbonyl (C=O) groups is 1. The van der Waals surface area contributed by atoms with Crippen molar-refractivity contribution in [2.45, 2.75) is 13.5 Å². The van der Waals surface area contributed by atoms with Gasteiger partial charge in [0.05, 0.1) is 6.54 Å². The Morgan fingerprint density at radius 1 is 1.12 bits per heavy atom. The van der Waals surface area contributed by atoms with Gasteiger partial charge in [0.15, 0.2) is 0 Å². The van der Waals surface area contributed by atoms with Crippen LogP contribution in [0.25, 0.3) is 0 Å². The van der Waals surface area contributed by atoms with Crippen molar-refractivity contribution in [1.29, 1.82) is 0 Å². The molecule has 2 heterocycles. The van der Waals surface area contributed by atoms with Gasteiger partial charge in [-0.15, -0.1) is 0 Å². The SMILES string of the molecule is Cc1ccc(CNC(=O)c2cccc(Nc3ncccn3)c2)n1C. The van der Waals surface area contributed by atoms with Crippen molar-refractivity contribution in [3.63, 3.8) is 0 Å². The zero-order valence-corrected chi connectivity index (χ0v) is 13.7. The minimum absolute atomic E-state index is 0.119. The first-order chi connectivity index (χ1) is 11.6. The van der Waals surface area contributed by atoms with Crippen molar-refractivity contribution in [2.24, 2.45) is 7.05 Å². The van der Waals surface area contributed by atoms with E-state index in [9.17, 15) is 4.79 Å². The van der Waals surface area contributed by atoms with E-state index >= 15 is 0 Å². The average Bonchev–Trinajstić information content (AvgIpc) is 2.93. The maximum atomic E-state index is 12.4. The number of aromatic nitrogens is 3. The van der Waals surface area contributed by atoms with E-state index in [1.807, 2.05) is 38.2 Å². The monoisotopic (exact) mass is 321 g/mol. The number of hydrogen-bond acceptors (Lipinski definition) is 4. The van der Waals surface area contributed by atoms with Gasteiger partial charge in [0, 0.05) is 42.1 Å². The molecule has 0 aliphatic heterocycles. The van der Waals surface area contributed by atoms with Crippen LogP contribution in [0.3, 0.4) is 0 Å². The molecule has 3 aromatic rings. The topological polar surface area (TPSA) is 71.8 Å². The van der Waals surface area contributed by atoms with Crippen LogP contribution in [0.4, 0.5) is 11.6 Å². The minimum atomic E-state index is -0.119. The summed E-state index contributed by atoms with van der Waals surface area (Å²) in [7, 11) is 1.99. The van der Waals surface area contributed by atoms with Crippen molar-refractivity contribution in [3.8, 4) is 0 Å². The molecule has 0 saturated heterocycles. The van der Waals surface area contributed by atoms with E-state index < -0.39 is 0 Å². The molecular weight excluding hydrogens is 302 g/mol. The third-order valence-corrected chi connectivity index (χ3v) is 3.85. The number of rotatable bonds is 5. The van der Waals surface area contributed by atoms with Crippen LogP contribution >= 0.6 is 0 Å². The van der Waals surface area contributed by atoms with Crippen LogP contribution in [0, 0.1) is 6.92 Å². The number of anilines is 2. The molecule has 1 aromatic carbocycles. The first-order valence-corrected chi connectivity index (χ1v) is 7.67. The summed E-state index contributed by atoms with van der Waals surface area (Å²) in [6.07, 6.45) is 3.32. The summed E-state index contributed by atoms with van der Waals surface area (Å²) in [5.41, 5.74) is 3.58. The summed E-state index contributed by atoms with van der Waals surface area (Å²) in [6.45, 7) is 2.52. The Bertz CT molecular complexity index is 842. The van der Waals surface area contributed by atoms with Gasteiger partial charge in [0.25, 0.3) is 5.91 Å². The minimum Gasteiger partial charge on any atom is -0.350 e. The highest BCUT2D eigenvalue weighted by Gasteiger charge is 2.08. The van der Waals surface area contributed by atoms with Crippen molar-refractivity contribution >= 4 is 17.5 Å². The molecule has 6 nitrogen and oxygen atoms in total. The Morgan fingerprint density at radius 3 is 2.62 bits per heavy atom. The Kier molecular flexibility index (Phi) is 4.56. The van der Waals surface area contributed by atoms with E-state index in [0.717, 1.165) is 17.1 Å². The molecule has 0 bridgehead atoms. The zero-order chi connectivity index (χ0) is 16.9. The molecule has 0 radical (unpaired) electrons. The van der Waals surface area contributed by atoms with Gasteiger partial charge in [-0.3, -0.25) is 4.79 Å². The van der Waals surface area contributed by atoms with E-state index in [2.05, 4.69) is 25.2 Å². The van der Waals surface area contributed by atoms with Crippen molar-refractivity contribution < 1.29 is 4.79 Å². The Hall–Kier alpha value is -3.15. The molecule has 0 spiro atoms. The largest absolute Gasteiger partial charge is 0.350 e. The first kappa shape index (κ1) is 15.7. The number of aryl methyl sites for hydroxylation is 1. The van der Waals surface area contributed by atoms with Crippen LogP contribution < -0.4 is 10.6 Å². The highest BCUT2D eigenvalue weighted by Crippen LogP contribution is 2.14. The van der Waals surface area contributed by atoms with Gasteiger partial charge in [-0.2, -0.15) is 0 Å². The molecule has 0 unspecified atom stereocenters. The molecule has 122 valence electrons. The second kappa shape index (κ2) is 6.95. The lowest BCUT2D eigenvalue weighted by Gasteiger charge is -2.09. The lowest BCUT2D eigenvalue weighted by Crippen LogP contribution is -2.24. The summed E-state index contributed by atoms with van der Waals surface area (Å²) >= 11 is 0. The molecule has 0 aliphatic rings. The highest BCUT2D eigenvalue weighted by atomic mass is 16.1. The lowest BCUT2D eigenvalue weighted by atomic mass is 10.2. The molecule has 24 heavy (non-hydrogen) atoms. The summed E-state index contributed by atoms with van der Waals surface area (Å²) in [5.74, 6) is 0.376. The maximum Gasteiger partial charge on any atom is 0.251 e. The quantitative estimate of drug-likeness (QED) is 0.758. The summed E-state index contributed by atoms with van der Waals surface area (Å²) < 4.78 is 2.06. The van der Waals surface area contributed by atoms with Gasteiger partial charge in [0.1, 0.15) is 0 Å². The van der Waals surface area contributed by atoms with Gasteiger partial charge < -0.3 is 15.2 Å². The second-order valence-corrected chi connectivity index (χ2v) is 5.49. The van der Waals surface area contributed by atoms with Crippen LogP contribution in [0.15, 0.2) is 54.9 Å². The number of nitrogens with one attached hydrogen (secondary N) is 2. The second-order valence-electron chi connectivity index (χ2n) is 5.49. The Balaban J connectivity index is 1.67. The molecular formula is C18H19N5O. The summed E-state index contributed by atoms with van der Waals surface area (Å²) in [5, 5.41) is 6.02. The van der Waals surface area contributed by atoms with E-state index in [1.165, 1.54) is 0 Å². The summed E-state index contributed by atoms with van der Waals surface area (Å²) in [6, 6.07) is 13.1. The third-order valence-electron chi connectivity index (χ3n) is 3.85. The van der Waals surface area contributed by atoms with Crippen LogP contribution in [0.2, 0.25) is 0 Å². The number of benzene rings is 1. The van der Waals surface area contributed by atoms with Crippen LogP contribution in [0.5, 0.6) is 0 Å². The van der Waals surface area contributed by atoms with Crippen LogP contribution in [-0.4, -0.2) is 20.4 Å². The molecule has 0 atom stereocenters. The van der Waals surface area contributed by atoms with E-state index in [1.54, 1.807) is 30.6 Å². The first-order valence-electron chi connectivity index (χ1n) is 7.67. The average molecular weight is 321 g/mol. The van der Waals surface area contributed by atoms with Crippen molar-refractivity contribution in [1.82, 2.24) is 19.9 Å². The smallest absolute Gasteiger partial charge is 0.251 e. The fourth-order valence-corrected chi connectivity index (χ4v) is 2.35. The van der Waals surface area contributed by atoms with Crippen molar-refractivity contribution in [2.75, 3.05) is 5.32 Å². The normalized spacial score (nSPS) is 10.4. The molecule has 2 aromatic heterocycles. The molecule has 2 N–H and O–H groups in total. The maximum absolute atomic E-state index is 12.4. The van der Waals surface area contributed by atoms with Gasteiger partial charge in [-0.25, -0.2) is 9.97 Å². The van der Waals surface area contributed by atoms with Crippen molar-refractivity contribution in [3.05, 3.63) is 71.8 Å². The molecule has 0 saturated carbocycles. The van der Waals surface area contributed by atoms with Gasteiger partial charge in [0.2, 0.25) is 5.95 Å². The van der Waals surface area contributed by atoms with Gasteiger partial charge in [-0.05, 0) is 43.3 Å². The standard InChI is InChI=1S/C18H19N5O/c1-13-7-8-16(23(13)2)12-21-17(24)14-5-3-6-15(11-14)22-18-19-9-4-10-20-18/h3-11H,12H2,1-2H3,(H,21,24)(H,19,20,22). The molecule has 6 heteroatoms. The fourth-order valence-electron chi connectivity index (χ4n) is 2.35. The molecule has 0 fully saturated rings. The predicted molar refractivity (Wildman–Crippen MR) is 93.1 cm³/mol. The number of carbonyl (C=O) groups excluding carboxylic acids is 1. The zero-order valence-electron chi connectivity index (χ0n) is 13.7. The van der Waals surface area contributed by atoms with E-state index in [4.69, 9.17) is 0 Å². The molecule has 1 amide bonds. The third kappa shape index (κ3) is 3.60. The number of hydrogen-bond donors (Lipinski definition) is 2. The highest BCUT2D eigenvalue weighted by molar-refractivity contribution is 5.95. The predicted octanol–water partition coefficient (Wildman–Crippen LogP) is 2.80. The van der Waals surface area contributed by atoms with Gasteiger partial charge >= 0.3 is 0 Å². The Labute approximate surface area is 140 Å². The molecule has 0 aliphatic carbocycles. The van der Waals surface area contributed by atoms with E-state index in [0.29, 0.717) is 18.1 Å². The van der Waals surface area contributed by atoms with Gasteiger partial charge in [-0.1, -0.05) is 6.07 Å². The number of amides is 1. The molecule has 3 rings (SSSR count). The van der Waals surface area contributed by atoms with Crippen LogP contribution in [-0.2, 0) is 13.6 Å².